The summed E-state index contributed by atoms with van der Waals surface area (Å²) in [6.45, 7) is 2.70. The van der Waals surface area contributed by atoms with Gasteiger partial charge in [0, 0.05) is 25.5 Å². The lowest BCUT2D eigenvalue weighted by Gasteiger charge is -2.20. The summed E-state index contributed by atoms with van der Waals surface area (Å²) in [5.74, 6) is -0.0449. The Hall–Kier alpha value is -1.53. The maximum Gasteiger partial charge on any atom is 0.240 e. The number of likely N-dealkylation sites (N-methyl/N-ethyl adjacent to an activating group) is 1. The number of hydrogen-bond acceptors (Lipinski definition) is 5. The van der Waals surface area contributed by atoms with Gasteiger partial charge < -0.3 is 15.3 Å². The van der Waals surface area contributed by atoms with Crippen LogP contribution in [-0.4, -0.2) is 48.7 Å². The molecule has 0 aromatic rings. The summed E-state index contributed by atoms with van der Waals surface area (Å²) in [5.41, 5.74) is 0.682. The van der Waals surface area contributed by atoms with Crippen LogP contribution < -0.4 is 5.32 Å². The molecule has 1 heterocycles. The zero-order valence-corrected chi connectivity index (χ0v) is 10.8. The highest BCUT2D eigenvalue weighted by Gasteiger charge is 2.25. The standard InChI is InChI=1S/C12H20N4O2/c1-3-4-6-14-15-10-8-13-9-12(18)16(2)11(10)5-7-17/h4-6,10,13,17H,3,7-9H2,1-2H3/b6-4-,11-5+,15-14?. The van der Waals surface area contributed by atoms with Gasteiger partial charge in [-0.3, -0.25) is 4.79 Å². The second-order valence-electron chi connectivity index (χ2n) is 3.93. The first-order chi connectivity index (χ1) is 8.70. The minimum atomic E-state index is -0.255. The van der Waals surface area contributed by atoms with Gasteiger partial charge in [-0.2, -0.15) is 10.2 Å². The molecule has 1 unspecified atom stereocenters. The van der Waals surface area contributed by atoms with E-state index in [-0.39, 0.29) is 25.1 Å². The van der Waals surface area contributed by atoms with Crippen molar-refractivity contribution in [1.82, 2.24) is 10.2 Å². The first kappa shape index (κ1) is 14.5. The van der Waals surface area contributed by atoms with Gasteiger partial charge in [0.2, 0.25) is 5.91 Å². The number of nitrogens with one attached hydrogen (secondary N) is 1. The third kappa shape index (κ3) is 4.05. The lowest BCUT2D eigenvalue weighted by Crippen LogP contribution is -2.31. The van der Waals surface area contributed by atoms with Crippen molar-refractivity contribution < 1.29 is 9.90 Å². The lowest BCUT2D eigenvalue weighted by atomic mass is 10.2. The molecule has 2 N–H and O–H groups in total. The number of hydrogen-bond donors (Lipinski definition) is 2. The summed E-state index contributed by atoms with van der Waals surface area (Å²) in [6.07, 6.45) is 6.04. The van der Waals surface area contributed by atoms with Crippen molar-refractivity contribution in [1.29, 1.82) is 0 Å². The Morgan fingerprint density at radius 1 is 1.61 bits per heavy atom. The number of rotatable bonds is 4. The summed E-state index contributed by atoms with van der Waals surface area (Å²) in [6, 6.07) is -0.255. The van der Waals surface area contributed by atoms with Gasteiger partial charge in [-0.05, 0) is 12.5 Å². The van der Waals surface area contributed by atoms with Crippen molar-refractivity contribution in [2.45, 2.75) is 19.4 Å². The van der Waals surface area contributed by atoms with Crippen LogP contribution in [0.25, 0.3) is 0 Å². The van der Waals surface area contributed by atoms with Crippen molar-refractivity contribution in [3.05, 3.63) is 24.0 Å². The van der Waals surface area contributed by atoms with E-state index in [2.05, 4.69) is 15.5 Å². The van der Waals surface area contributed by atoms with Gasteiger partial charge >= 0.3 is 0 Å². The van der Waals surface area contributed by atoms with Gasteiger partial charge in [-0.15, -0.1) is 0 Å². The maximum absolute atomic E-state index is 11.7. The number of carbonyl (C=O) groups excluding carboxylic acids is 1. The SMILES string of the molecule is CC/C=C\N=NC1CNCC(=O)N(C)/C1=C/CO. The first-order valence-electron chi connectivity index (χ1n) is 6.03. The van der Waals surface area contributed by atoms with E-state index in [1.54, 1.807) is 19.3 Å². The van der Waals surface area contributed by atoms with Crippen LogP contribution in [0.15, 0.2) is 34.3 Å². The van der Waals surface area contributed by atoms with E-state index in [4.69, 9.17) is 5.11 Å². The number of aliphatic hydroxyl groups excluding tert-OH is 1. The first-order valence-corrected chi connectivity index (χ1v) is 6.03. The topological polar surface area (TPSA) is 77.3 Å². The monoisotopic (exact) mass is 252 g/mol. The molecule has 1 fully saturated rings. The van der Waals surface area contributed by atoms with Gasteiger partial charge in [-0.1, -0.05) is 13.0 Å². The molecule has 6 nitrogen and oxygen atoms in total. The van der Waals surface area contributed by atoms with Gasteiger partial charge in [0.1, 0.15) is 6.04 Å². The van der Waals surface area contributed by atoms with Crippen LogP contribution in [0, 0.1) is 0 Å². The van der Waals surface area contributed by atoms with Crippen LogP contribution in [0.3, 0.4) is 0 Å². The molecular weight excluding hydrogens is 232 g/mol. The van der Waals surface area contributed by atoms with Crippen LogP contribution in [0.2, 0.25) is 0 Å². The zero-order chi connectivity index (χ0) is 13.4. The molecule has 1 amide bonds. The summed E-state index contributed by atoms with van der Waals surface area (Å²) < 4.78 is 0. The van der Waals surface area contributed by atoms with Gasteiger partial charge in [-0.25, -0.2) is 0 Å². The number of aliphatic hydroxyl groups is 1. The Kier molecular flexibility index (Phi) is 6.24. The predicted molar refractivity (Wildman–Crippen MR) is 68.9 cm³/mol. The largest absolute Gasteiger partial charge is 0.392 e. The van der Waals surface area contributed by atoms with Crippen LogP contribution in [0.5, 0.6) is 0 Å². The Labute approximate surface area is 107 Å². The minimum absolute atomic E-state index is 0.0449. The van der Waals surface area contributed by atoms with E-state index in [0.717, 1.165) is 6.42 Å². The van der Waals surface area contributed by atoms with Crippen LogP contribution in [0.1, 0.15) is 13.3 Å². The number of nitrogens with zero attached hydrogens (tertiary/aromatic N) is 3. The molecule has 1 aliphatic heterocycles. The van der Waals surface area contributed by atoms with Gasteiger partial charge in [0.25, 0.3) is 0 Å². The molecule has 0 bridgehead atoms. The molecule has 0 aromatic heterocycles. The summed E-state index contributed by atoms with van der Waals surface area (Å²) in [4.78, 5) is 13.2. The lowest BCUT2D eigenvalue weighted by molar-refractivity contribution is -0.126. The highest BCUT2D eigenvalue weighted by atomic mass is 16.2. The molecule has 1 saturated heterocycles. The molecule has 1 atom stereocenters. The molecule has 0 aliphatic carbocycles. The van der Waals surface area contributed by atoms with Crippen LogP contribution in [0.4, 0.5) is 0 Å². The third-order valence-electron chi connectivity index (χ3n) is 2.63. The van der Waals surface area contributed by atoms with E-state index >= 15 is 0 Å². The number of azo groups is 1. The fourth-order valence-electron chi connectivity index (χ4n) is 1.64. The number of allylic oxidation sites excluding steroid dienone is 1. The van der Waals surface area contributed by atoms with Gasteiger partial charge in [0.15, 0.2) is 0 Å². The molecule has 0 aromatic carbocycles. The Balaban J connectivity index is 2.85. The molecule has 0 saturated carbocycles. The molecular formula is C12H20N4O2. The van der Waals surface area contributed by atoms with E-state index in [0.29, 0.717) is 12.2 Å². The Bertz CT molecular complexity index is 363. The molecule has 1 aliphatic rings. The fourth-order valence-corrected chi connectivity index (χ4v) is 1.64. The van der Waals surface area contributed by atoms with Crippen molar-refractivity contribution in [3.63, 3.8) is 0 Å². The molecule has 100 valence electrons. The molecule has 1 rings (SSSR count). The minimum Gasteiger partial charge on any atom is -0.392 e. The molecule has 0 radical (unpaired) electrons. The Morgan fingerprint density at radius 2 is 2.39 bits per heavy atom. The zero-order valence-electron chi connectivity index (χ0n) is 10.8. The molecule has 6 heteroatoms. The van der Waals surface area contributed by atoms with E-state index in [1.807, 2.05) is 13.0 Å². The maximum atomic E-state index is 11.7. The van der Waals surface area contributed by atoms with Crippen molar-refractivity contribution in [2.75, 3.05) is 26.7 Å². The average Bonchev–Trinajstić information content (AvgIpc) is 2.49. The van der Waals surface area contributed by atoms with Crippen molar-refractivity contribution in [3.8, 4) is 0 Å². The molecule has 18 heavy (non-hydrogen) atoms. The number of amides is 1. The summed E-state index contributed by atoms with van der Waals surface area (Å²) >= 11 is 0. The van der Waals surface area contributed by atoms with E-state index < -0.39 is 0 Å². The highest BCUT2D eigenvalue weighted by molar-refractivity contribution is 5.80. The van der Waals surface area contributed by atoms with Crippen molar-refractivity contribution in [2.24, 2.45) is 10.2 Å². The van der Waals surface area contributed by atoms with E-state index in [9.17, 15) is 4.79 Å². The summed E-state index contributed by atoms with van der Waals surface area (Å²) in [7, 11) is 1.68. The fraction of sp³-hybridized carbons (Fsp3) is 0.583. The second-order valence-corrected chi connectivity index (χ2v) is 3.93. The number of carbonyl (C=O) groups is 1. The predicted octanol–water partition coefficient (Wildman–Crippen LogP) is 0.669. The third-order valence-corrected chi connectivity index (χ3v) is 2.63. The smallest absolute Gasteiger partial charge is 0.240 e. The van der Waals surface area contributed by atoms with E-state index in [1.165, 1.54) is 4.90 Å². The highest BCUT2D eigenvalue weighted by Crippen LogP contribution is 2.14. The Morgan fingerprint density at radius 3 is 3.06 bits per heavy atom. The van der Waals surface area contributed by atoms with Crippen LogP contribution in [-0.2, 0) is 4.79 Å². The molecule has 0 spiro atoms. The summed E-state index contributed by atoms with van der Waals surface area (Å²) in [5, 5.41) is 20.2. The average molecular weight is 252 g/mol. The van der Waals surface area contributed by atoms with Gasteiger partial charge in [0.05, 0.1) is 13.2 Å². The van der Waals surface area contributed by atoms with Crippen molar-refractivity contribution >= 4 is 5.91 Å². The normalized spacial score (nSPS) is 24.4. The second kappa shape index (κ2) is 7.73. The quantitative estimate of drug-likeness (QED) is 0.722. The van der Waals surface area contributed by atoms with Crippen LogP contribution >= 0.6 is 0 Å².